The summed E-state index contributed by atoms with van der Waals surface area (Å²) in [5.41, 5.74) is 25.1. The zero-order valence-corrected chi connectivity index (χ0v) is 46.1. The van der Waals surface area contributed by atoms with Gasteiger partial charge in [0.2, 0.25) is 0 Å². The highest BCUT2D eigenvalue weighted by molar-refractivity contribution is 7.25. The lowest BCUT2D eigenvalue weighted by Crippen LogP contribution is -2.37. The summed E-state index contributed by atoms with van der Waals surface area (Å²) >= 11 is 1.94. The average molecular weight is 1000 g/mol. The summed E-state index contributed by atoms with van der Waals surface area (Å²) < 4.78 is 12.4. The maximum atomic E-state index is 7.11. The molecule has 14 rings (SSSR count). The molecule has 1 aliphatic carbocycles. The predicted octanol–water partition coefficient (Wildman–Crippen LogP) is 18.5. The molecule has 3 nitrogen and oxygen atoms in total. The van der Waals surface area contributed by atoms with Crippen LogP contribution in [0.25, 0.3) is 103 Å². The molecule has 4 heterocycles. The van der Waals surface area contributed by atoms with Gasteiger partial charge >= 0.3 is 0 Å². The van der Waals surface area contributed by atoms with Gasteiger partial charge in [-0.3, -0.25) is 0 Å². The van der Waals surface area contributed by atoms with Crippen LogP contribution in [0, 0.1) is 6.92 Å². The van der Waals surface area contributed by atoms with Crippen molar-refractivity contribution < 1.29 is 4.42 Å². The van der Waals surface area contributed by atoms with Crippen molar-refractivity contribution >= 4 is 93.9 Å². The van der Waals surface area contributed by atoms with Crippen molar-refractivity contribution in [2.75, 3.05) is 5.32 Å². The molecule has 2 aliphatic rings. The molecule has 0 radical (unpaired) electrons. The molecule has 0 saturated carbocycles. The van der Waals surface area contributed by atoms with E-state index in [9.17, 15) is 0 Å². The Bertz CT molecular complexity index is 4350. The number of aromatic nitrogens is 1. The van der Waals surface area contributed by atoms with Gasteiger partial charge in [-0.05, 0) is 159 Å². The molecule has 3 aromatic heterocycles. The van der Waals surface area contributed by atoms with Gasteiger partial charge in [0.1, 0.15) is 11.3 Å². The van der Waals surface area contributed by atoms with Gasteiger partial charge in [0.15, 0.2) is 7.28 Å². The Morgan fingerprint density at radius 1 is 0.605 bits per heavy atom. The van der Waals surface area contributed by atoms with Gasteiger partial charge in [-0.15, -0.1) is 11.3 Å². The molecular weight excluding hydrogens is 940 g/mol. The highest BCUT2D eigenvalue weighted by Gasteiger charge is 2.38. The summed E-state index contributed by atoms with van der Waals surface area (Å²) in [6.07, 6.45) is 3.35. The van der Waals surface area contributed by atoms with Crippen LogP contribution in [-0.2, 0) is 22.7 Å². The van der Waals surface area contributed by atoms with Crippen LogP contribution in [0.5, 0.6) is 0 Å². The van der Waals surface area contributed by atoms with Gasteiger partial charge in [0.25, 0.3) is 0 Å². The van der Waals surface area contributed by atoms with Gasteiger partial charge in [-0.25, -0.2) is 0 Å². The fourth-order valence-corrected chi connectivity index (χ4v) is 14.4. The topological polar surface area (TPSA) is 30.1 Å². The average Bonchev–Trinajstić information content (AvgIpc) is 4.30. The van der Waals surface area contributed by atoms with Crippen molar-refractivity contribution in [3.05, 3.63) is 198 Å². The number of nitrogens with one attached hydrogen (secondary N) is 1. The van der Waals surface area contributed by atoms with Crippen molar-refractivity contribution in [3.63, 3.8) is 0 Å². The summed E-state index contributed by atoms with van der Waals surface area (Å²) in [6.45, 7) is 21.2. The Morgan fingerprint density at radius 3 is 2.00 bits per heavy atom. The first-order chi connectivity index (χ1) is 36.6. The SMILES string of the molecule is CCc1ccccc1-c1cc2c(cc1C)c1ccc(-c3cc4c(cc3Nc3ccc(C(C)(C)C)cc3)sc3cc5c(cc34)C(C)(C)CCC5(C)C)c3c1n2-c1cc2c(-c4ccccc4)c(-c4ccccc4)oc2cc1B3. The zero-order valence-electron chi connectivity index (χ0n) is 45.3. The van der Waals surface area contributed by atoms with Gasteiger partial charge < -0.3 is 14.3 Å². The van der Waals surface area contributed by atoms with E-state index in [0.29, 0.717) is 0 Å². The Morgan fingerprint density at radius 2 is 1.28 bits per heavy atom. The maximum absolute atomic E-state index is 7.11. The molecule has 0 saturated heterocycles. The molecule has 0 amide bonds. The molecule has 372 valence electrons. The number of nitrogens with zero attached hydrogens (tertiary/aromatic N) is 1. The minimum atomic E-state index is 0.0565. The molecule has 0 bridgehead atoms. The molecule has 12 aromatic rings. The largest absolute Gasteiger partial charge is 0.455 e. The third kappa shape index (κ3) is 7.29. The van der Waals surface area contributed by atoms with Gasteiger partial charge in [-0.1, -0.05) is 170 Å². The molecular formula is C71H63BN2OS. The summed E-state index contributed by atoms with van der Waals surface area (Å²) in [6, 6.07) is 64.2. The Labute approximate surface area is 451 Å². The highest BCUT2D eigenvalue weighted by atomic mass is 32.1. The van der Waals surface area contributed by atoms with Gasteiger partial charge in [-0.2, -0.15) is 0 Å². The van der Waals surface area contributed by atoms with Crippen LogP contribution >= 0.6 is 11.3 Å². The van der Waals surface area contributed by atoms with Crippen molar-refractivity contribution in [2.45, 2.75) is 97.8 Å². The number of anilines is 2. The van der Waals surface area contributed by atoms with Crippen molar-refractivity contribution in [1.82, 2.24) is 4.57 Å². The van der Waals surface area contributed by atoms with Crippen LogP contribution in [0.2, 0.25) is 0 Å². The molecule has 0 atom stereocenters. The fourth-order valence-electron chi connectivity index (χ4n) is 13.2. The van der Waals surface area contributed by atoms with Crippen LogP contribution in [0.3, 0.4) is 0 Å². The molecule has 1 aliphatic heterocycles. The fraction of sp³-hybridized carbons (Fsp3) is 0.211. The number of benzene rings is 9. The van der Waals surface area contributed by atoms with Gasteiger partial charge in [0, 0.05) is 75.6 Å². The Balaban J connectivity index is 1.07. The first-order valence-corrected chi connectivity index (χ1v) is 28.3. The number of rotatable bonds is 7. The van der Waals surface area contributed by atoms with E-state index in [1.807, 2.05) is 11.3 Å². The first kappa shape index (κ1) is 46.9. The van der Waals surface area contributed by atoms with E-state index >= 15 is 0 Å². The highest BCUT2D eigenvalue weighted by Crippen LogP contribution is 2.51. The van der Waals surface area contributed by atoms with Crippen LogP contribution in [0.4, 0.5) is 11.4 Å². The molecule has 1 N–H and O–H groups in total. The molecule has 0 unspecified atom stereocenters. The van der Waals surface area contributed by atoms with E-state index in [1.165, 1.54) is 122 Å². The van der Waals surface area contributed by atoms with Crippen molar-refractivity contribution in [1.29, 1.82) is 0 Å². The smallest absolute Gasteiger partial charge is 0.198 e. The second-order valence-corrected chi connectivity index (χ2v) is 25.4. The van der Waals surface area contributed by atoms with E-state index in [0.717, 1.165) is 58.5 Å². The number of hydrogen-bond acceptors (Lipinski definition) is 3. The quantitative estimate of drug-likeness (QED) is 0.161. The number of fused-ring (bicyclic) bond motifs is 10. The van der Waals surface area contributed by atoms with E-state index in [-0.39, 0.29) is 16.2 Å². The normalized spacial score (nSPS) is 14.6. The molecule has 5 heteroatoms. The third-order valence-electron chi connectivity index (χ3n) is 17.6. The van der Waals surface area contributed by atoms with E-state index < -0.39 is 0 Å². The van der Waals surface area contributed by atoms with E-state index in [2.05, 4.69) is 242 Å². The lowest BCUT2D eigenvalue weighted by atomic mass is 9.59. The summed E-state index contributed by atoms with van der Waals surface area (Å²) in [5, 5.41) is 10.4. The second-order valence-electron chi connectivity index (χ2n) is 24.3. The predicted molar refractivity (Wildman–Crippen MR) is 329 cm³/mol. The molecule has 0 fully saturated rings. The minimum Gasteiger partial charge on any atom is -0.455 e. The standard InChI is InChI=1S/C71H63BN2OS/c1-10-42-19-17-18-24-47(42)50-36-60-52(33-41(50)2)49-30-29-48(66-67(49)74(60)61-37-55-62(39-58(61)72-66)75-68(44-22-15-12-16-23-44)65(55)43-20-13-11-14-21-43)51-34-53-54-35-56-57(71(8,9)32-31-70(56,6)7)38-63(54)76-64(53)40-59(51)73-46-27-25-45(26-28-46)69(3,4)5/h11-30,33-40,72-73H,10,31-32H2,1-9H3. The lowest BCUT2D eigenvalue weighted by molar-refractivity contribution is 0.332. The minimum absolute atomic E-state index is 0.0565. The monoisotopic (exact) mass is 1000 g/mol. The lowest BCUT2D eigenvalue weighted by Gasteiger charge is -2.41. The van der Waals surface area contributed by atoms with Crippen LogP contribution in [0.1, 0.15) is 96.0 Å². The number of furan rings is 1. The Kier molecular flexibility index (Phi) is 10.5. The number of aryl methyl sites for hydroxylation is 2. The second kappa shape index (κ2) is 17.0. The zero-order chi connectivity index (χ0) is 52.0. The van der Waals surface area contributed by atoms with Crippen LogP contribution < -0.4 is 16.2 Å². The van der Waals surface area contributed by atoms with Crippen molar-refractivity contribution in [2.24, 2.45) is 0 Å². The third-order valence-corrected chi connectivity index (χ3v) is 18.7. The summed E-state index contributed by atoms with van der Waals surface area (Å²) in [5.74, 6) is 0.898. The van der Waals surface area contributed by atoms with Crippen LogP contribution in [0.15, 0.2) is 174 Å². The van der Waals surface area contributed by atoms with E-state index in [4.69, 9.17) is 4.42 Å². The van der Waals surface area contributed by atoms with Crippen LogP contribution in [-0.4, -0.2) is 11.8 Å². The molecule has 9 aromatic carbocycles. The summed E-state index contributed by atoms with van der Waals surface area (Å²) in [7, 11) is 0.750. The van der Waals surface area contributed by atoms with E-state index in [1.54, 1.807) is 0 Å². The molecule has 76 heavy (non-hydrogen) atoms. The number of thiophene rings is 1. The maximum Gasteiger partial charge on any atom is 0.198 e. The Hall–Kier alpha value is -7.60. The summed E-state index contributed by atoms with van der Waals surface area (Å²) in [4.78, 5) is 0. The van der Waals surface area contributed by atoms with Crippen molar-refractivity contribution in [3.8, 4) is 50.4 Å². The van der Waals surface area contributed by atoms with Gasteiger partial charge in [0.05, 0.1) is 5.52 Å². The number of hydrogen-bond donors (Lipinski definition) is 1. The first-order valence-electron chi connectivity index (χ1n) is 27.5. The molecule has 0 spiro atoms.